The van der Waals surface area contributed by atoms with Crippen molar-refractivity contribution in [2.75, 3.05) is 12.3 Å². The van der Waals surface area contributed by atoms with Crippen LogP contribution in [0.15, 0.2) is 53.4 Å². The Morgan fingerprint density at radius 3 is 2.40 bits per heavy atom. The van der Waals surface area contributed by atoms with Gasteiger partial charge in [-0.3, -0.25) is 0 Å². The summed E-state index contributed by atoms with van der Waals surface area (Å²) >= 11 is 1.91. The molecule has 0 heterocycles. The van der Waals surface area contributed by atoms with E-state index in [9.17, 15) is 0 Å². The fourth-order valence-electron chi connectivity index (χ4n) is 2.20. The van der Waals surface area contributed by atoms with Crippen LogP contribution in [0.3, 0.4) is 0 Å². The highest BCUT2D eigenvalue weighted by atomic mass is 32.2. The standard InChI is InChI=1S/C18H23NS/c1-4-19-18(13-20-17-8-6-5-7-9-17)16-11-10-14(2)15(3)12-16/h5-12,18-19H,4,13H2,1-3H3. The van der Waals surface area contributed by atoms with Gasteiger partial charge in [0, 0.05) is 16.7 Å². The summed E-state index contributed by atoms with van der Waals surface area (Å²) in [5.74, 6) is 1.06. The number of aryl methyl sites for hydroxylation is 2. The van der Waals surface area contributed by atoms with Gasteiger partial charge in [-0.2, -0.15) is 0 Å². The summed E-state index contributed by atoms with van der Waals surface area (Å²) in [7, 11) is 0. The molecule has 106 valence electrons. The molecule has 1 nitrogen and oxygen atoms in total. The molecule has 0 radical (unpaired) electrons. The van der Waals surface area contributed by atoms with Crippen molar-refractivity contribution >= 4 is 11.8 Å². The molecule has 0 bridgehead atoms. The SMILES string of the molecule is CCNC(CSc1ccccc1)c1ccc(C)c(C)c1. The molecule has 2 aromatic carbocycles. The first-order valence-electron chi connectivity index (χ1n) is 7.19. The van der Waals surface area contributed by atoms with Crippen molar-refractivity contribution in [3.8, 4) is 0 Å². The summed E-state index contributed by atoms with van der Waals surface area (Å²) in [6, 6.07) is 17.8. The highest BCUT2D eigenvalue weighted by molar-refractivity contribution is 7.99. The predicted octanol–water partition coefficient (Wildman–Crippen LogP) is 4.75. The Morgan fingerprint density at radius 2 is 1.75 bits per heavy atom. The largest absolute Gasteiger partial charge is 0.309 e. The molecule has 0 saturated carbocycles. The van der Waals surface area contributed by atoms with E-state index in [1.807, 2.05) is 11.8 Å². The maximum absolute atomic E-state index is 3.59. The van der Waals surface area contributed by atoms with E-state index in [0.717, 1.165) is 12.3 Å². The minimum atomic E-state index is 0.407. The molecule has 0 fully saturated rings. The van der Waals surface area contributed by atoms with Crippen LogP contribution in [0.1, 0.15) is 29.7 Å². The van der Waals surface area contributed by atoms with Gasteiger partial charge >= 0.3 is 0 Å². The quantitative estimate of drug-likeness (QED) is 0.769. The zero-order chi connectivity index (χ0) is 14.4. The maximum Gasteiger partial charge on any atom is 0.0415 e. The van der Waals surface area contributed by atoms with Gasteiger partial charge < -0.3 is 5.32 Å². The predicted molar refractivity (Wildman–Crippen MR) is 89.5 cm³/mol. The average molecular weight is 285 g/mol. The van der Waals surface area contributed by atoms with Crippen molar-refractivity contribution in [1.29, 1.82) is 0 Å². The fourth-order valence-corrected chi connectivity index (χ4v) is 3.22. The second kappa shape index (κ2) is 7.51. The first kappa shape index (κ1) is 15.1. The van der Waals surface area contributed by atoms with Gasteiger partial charge in [0.1, 0.15) is 0 Å². The van der Waals surface area contributed by atoms with Crippen LogP contribution in [0, 0.1) is 13.8 Å². The summed E-state index contributed by atoms with van der Waals surface area (Å²) < 4.78 is 0. The van der Waals surface area contributed by atoms with E-state index < -0.39 is 0 Å². The second-order valence-electron chi connectivity index (χ2n) is 5.08. The molecule has 1 N–H and O–H groups in total. The van der Waals surface area contributed by atoms with Crippen molar-refractivity contribution in [1.82, 2.24) is 5.32 Å². The van der Waals surface area contributed by atoms with E-state index in [4.69, 9.17) is 0 Å². The molecule has 2 aromatic rings. The Kier molecular flexibility index (Phi) is 5.69. The van der Waals surface area contributed by atoms with Crippen molar-refractivity contribution < 1.29 is 0 Å². The van der Waals surface area contributed by atoms with Crippen molar-refractivity contribution in [3.05, 3.63) is 65.2 Å². The van der Waals surface area contributed by atoms with Crippen LogP contribution in [-0.2, 0) is 0 Å². The van der Waals surface area contributed by atoms with Crippen molar-refractivity contribution in [2.45, 2.75) is 31.7 Å². The Morgan fingerprint density at radius 1 is 1.00 bits per heavy atom. The second-order valence-corrected chi connectivity index (χ2v) is 6.17. The Bertz CT molecular complexity index is 536. The van der Waals surface area contributed by atoms with E-state index in [2.05, 4.69) is 74.6 Å². The van der Waals surface area contributed by atoms with Crippen LogP contribution in [0.4, 0.5) is 0 Å². The molecule has 2 rings (SSSR count). The minimum absolute atomic E-state index is 0.407. The van der Waals surface area contributed by atoms with Crippen molar-refractivity contribution in [3.63, 3.8) is 0 Å². The number of rotatable bonds is 6. The van der Waals surface area contributed by atoms with Crippen molar-refractivity contribution in [2.24, 2.45) is 0 Å². The molecular weight excluding hydrogens is 262 g/mol. The Balaban J connectivity index is 2.08. The normalized spacial score (nSPS) is 12.3. The first-order valence-corrected chi connectivity index (χ1v) is 8.17. The Hall–Kier alpha value is -1.25. The first-order chi connectivity index (χ1) is 9.70. The monoisotopic (exact) mass is 285 g/mol. The summed E-state index contributed by atoms with van der Waals surface area (Å²) in [5.41, 5.74) is 4.12. The molecule has 0 amide bonds. The topological polar surface area (TPSA) is 12.0 Å². The summed E-state index contributed by atoms with van der Waals surface area (Å²) in [6.07, 6.45) is 0. The zero-order valence-corrected chi connectivity index (χ0v) is 13.3. The molecule has 1 atom stereocenters. The molecule has 20 heavy (non-hydrogen) atoms. The number of hydrogen-bond donors (Lipinski definition) is 1. The van der Waals surface area contributed by atoms with E-state index >= 15 is 0 Å². The third kappa shape index (κ3) is 4.12. The number of thioether (sulfide) groups is 1. The van der Waals surface area contributed by atoms with E-state index in [-0.39, 0.29) is 0 Å². The number of benzene rings is 2. The van der Waals surface area contributed by atoms with E-state index in [1.165, 1.54) is 21.6 Å². The summed E-state index contributed by atoms with van der Waals surface area (Å²) in [4.78, 5) is 1.33. The lowest BCUT2D eigenvalue weighted by Crippen LogP contribution is -2.23. The third-order valence-electron chi connectivity index (χ3n) is 3.54. The Labute approximate surface area is 126 Å². The molecule has 0 aliphatic carbocycles. The number of hydrogen-bond acceptors (Lipinski definition) is 2. The zero-order valence-electron chi connectivity index (χ0n) is 12.5. The minimum Gasteiger partial charge on any atom is -0.309 e. The molecular formula is C18H23NS. The fraction of sp³-hybridized carbons (Fsp3) is 0.333. The lowest BCUT2D eigenvalue weighted by Gasteiger charge is -2.19. The van der Waals surface area contributed by atoms with Gasteiger partial charge in [0.2, 0.25) is 0 Å². The molecule has 0 spiro atoms. The molecule has 0 aromatic heterocycles. The highest BCUT2D eigenvalue weighted by Gasteiger charge is 2.11. The van der Waals surface area contributed by atoms with E-state index in [1.54, 1.807) is 0 Å². The van der Waals surface area contributed by atoms with Crippen LogP contribution < -0.4 is 5.32 Å². The molecule has 1 unspecified atom stereocenters. The van der Waals surface area contributed by atoms with Gasteiger partial charge in [-0.15, -0.1) is 11.8 Å². The summed E-state index contributed by atoms with van der Waals surface area (Å²) in [5, 5.41) is 3.59. The highest BCUT2D eigenvalue weighted by Crippen LogP contribution is 2.25. The van der Waals surface area contributed by atoms with Gasteiger partial charge in [0.15, 0.2) is 0 Å². The maximum atomic E-state index is 3.59. The van der Waals surface area contributed by atoms with Crippen LogP contribution in [0.5, 0.6) is 0 Å². The van der Waals surface area contributed by atoms with E-state index in [0.29, 0.717) is 6.04 Å². The third-order valence-corrected chi connectivity index (χ3v) is 4.65. The van der Waals surface area contributed by atoms with Gasteiger partial charge in [0.25, 0.3) is 0 Å². The molecule has 0 aliphatic rings. The van der Waals surface area contributed by atoms with Gasteiger partial charge in [-0.05, 0) is 49.2 Å². The van der Waals surface area contributed by atoms with Crippen LogP contribution >= 0.6 is 11.8 Å². The lowest BCUT2D eigenvalue weighted by molar-refractivity contribution is 0.605. The van der Waals surface area contributed by atoms with Crippen LogP contribution in [-0.4, -0.2) is 12.3 Å². The smallest absolute Gasteiger partial charge is 0.0415 e. The van der Waals surface area contributed by atoms with Gasteiger partial charge in [0.05, 0.1) is 0 Å². The number of nitrogens with one attached hydrogen (secondary N) is 1. The molecule has 0 aliphatic heterocycles. The average Bonchev–Trinajstić information content (AvgIpc) is 2.47. The molecule has 2 heteroatoms. The molecule has 0 saturated heterocycles. The lowest BCUT2D eigenvalue weighted by atomic mass is 10.0. The van der Waals surface area contributed by atoms with Crippen LogP contribution in [0.25, 0.3) is 0 Å². The summed E-state index contributed by atoms with van der Waals surface area (Å²) in [6.45, 7) is 7.51. The van der Waals surface area contributed by atoms with Crippen LogP contribution in [0.2, 0.25) is 0 Å². The van der Waals surface area contributed by atoms with Gasteiger partial charge in [-0.25, -0.2) is 0 Å². The van der Waals surface area contributed by atoms with Gasteiger partial charge in [-0.1, -0.05) is 43.3 Å².